The van der Waals surface area contributed by atoms with E-state index in [0.29, 0.717) is 17.9 Å². The van der Waals surface area contributed by atoms with Crippen molar-refractivity contribution in [3.63, 3.8) is 0 Å². The molecule has 0 aliphatic heterocycles. The zero-order chi connectivity index (χ0) is 10.8. The summed E-state index contributed by atoms with van der Waals surface area (Å²) in [5.41, 5.74) is 9.94. The normalized spacial score (nSPS) is 10.5. The quantitative estimate of drug-likeness (QED) is 0.809. The van der Waals surface area contributed by atoms with E-state index >= 15 is 0 Å². The number of rotatable bonds is 2. The molecule has 78 valence electrons. The summed E-state index contributed by atoms with van der Waals surface area (Å²) < 4.78 is 4.55. The first-order chi connectivity index (χ1) is 7.15. The van der Waals surface area contributed by atoms with E-state index in [4.69, 9.17) is 5.73 Å². The predicted molar refractivity (Wildman–Crippen MR) is 57.4 cm³/mol. The maximum Gasteiger partial charge on any atom is 0.191 e. The fourth-order valence-electron chi connectivity index (χ4n) is 1.70. The molecule has 1 aromatic carbocycles. The van der Waals surface area contributed by atoms with Crippen LogP contribution >= 0.6 is 0 Å². The molecule has 0 radical (unpaired) electrons. The highest BCUT2D eigenvalue weighted by Gasteiger charge is 2.07. The molecule has 0 amide bonds. The number of nitrogens with two attached hydrogens (primary N) is 1. The van der Waals surface area contributed by atoms with Crippen LogP contribution in [0, 0.1) is 13.8 Å². The minimum Gasteiger partial charge on any atom is -0.379 e. The Hall–Kier alpha value is -1.84. The fraction of sp³-hybridized carbons (Fsp3) is 0.273. The highest BCUT2D eigenvalue weighted by Crippen LogP contribution is 2.15. The lowest BCUT2D eigenvalue weighted by atomic mass is 10.0. The highest BCUT2D eigenvalue weighted by atomic mass is 16.6. The number of aryl methyl sites for hydroxylation is 2. The highest BCUT2D eigenvalue weighted by molar-refractivity contribution is 5.37. The van der Waals surface area contributed by atoms with Gasteiger partial charge in [-0.2, -0.15) is 0 Å². The predicted octanol–water partition coefficient (Wildman–Crippen LogP) is 1.86. The first kappa shape index (κ1) is 9.71. The van der Waals surface area contributed by atoms with E-state index in [1.807, 2.05) is 0 Å². The Morgan fingerprint density at radius 1 is 1.13 bits per heavy atom. The van der Waals surface area contributed by atoms with E-state index in [0.717, 1.165) is 0 Å². The lowest BCUT2D eigenvalue weighted by Gasteiger charge is -2.02. The third-order valence-electron chi connectivity index (χ3n) is 2.24. The average Bonchev–Trinajstić information content (AvgIpc) is 2.50. The van der Waals surface area contributed by atoms with Crippen LogP contribution in [0.25, 0.3) is 0 Å². The van der Waals surface area contributed by atoms with E-state index in [1.165, 1.54) is 16.7 Å². The van der Waals surface area contributed by atoms with Crippen LogP contribution in [0.5, 0.6) is 0 Å². The van der Waals surface area contributed by atoms with E-state index in [-0.39, 0.29) is 0 Å². The standard InChI is InChI=1S/C11H13N3O/c1-7-3-8(2)5-9(4-7)6-10-11(12)14-15-13-10/h3-5H,6H2,1-2H3,(H2,12,14). The van der Waals surface area contributed by atoms with Crippen LogP contribution < -0.4 is 5.73 Å². The molecule has 4 heteroatoms. The van der Waals surface area contributed by atoms with Crippen molar-refractivity contribution in [2.45, 2.75) is 20.3 Å². The maximum absolute atomic E-state index is 5.60. The van der Waals surface area contributed by atoms with Gasteiger partial charge in [-0.3, -0.25) is 0 Å². The summed E-state index contributed by atoms with van der Waals surface area (Å²) in [5.74, 6) is 0.370. The van der Waals surface area contributed by atoms with E-state index < -0.39 is 0 Å². The minimum atomic E-state index is 0.370. The largest absolute Gasteiger partial charge is 0.379 e. The number of hydrogen-bond donors (Lipinski definition) is 1. The van der Waals surface area contributed by atoms with Gasteiger partial charge in [-0.05, 0) is 24.6 Å². The van der Waals surface area contributed by atoms with Crippen molar-refractivity contribution in [1.29, 1.82) is 0 Å². The maximum atomic E-state index is 5.60. The zero-order valence-electron chi connectivity index (χ0n) is 8.82. The van der Waals surface area contributed by atoms with Crippen LogP contribution in [0.4, 0.5) is 5.82 Å². The first-order valence-electron chi connectivity index (χ1n) is 4.79. The Balaban J connectivity index is 2.28. The number of hydrogen-bond acceptors (Lipinski definition) is 4. The van der Waals surface area contributed by atoms with Crippen molar-refractivity contribution < 1.29 is 4.63 Å². The smallest absolute Gasteiger partial charge is 0.191 e. The van der Waals surface area contributed by atoms with E-state index in [9.17, 15) is 0 Å². The molecule has 1 heterocycles. The molecule has 0 saturated carbocycles. The zero-order valence-corrected chi connectivity index (χ0v) is 8.82. The fourth-order valence-corrected chi connectivity index (χ4v) is 1.70. The van der Waals surface area contributed by atoms with Gasteiger partial charge in [0.15, 0.2) is 5.82 Å². The van der Waals surface area contributed by atoms with Gasteiger partial charge < -0.3 is 5.73 Å². The molecule has 4 nitrogen and oxygen atoms in total. The van der Waals surface area contributed by atoms with Crippen molar-refractivity contribution in [3.8, 4) is 0 Å². The van der Waals surface area contributed by atoms with Crippen molar-refractivity contribution in [1.82, 2.24) is 10.3 Å². The number of anilines is 1. The Morgan fingerprint density at radius 3 is 2.33 bits per heavy atom. The summed E-state index contributed by atoms with van der Waals surface area (Å²) in [7, 11) is 0. The molecule has 2 rings (SSSR count). The lowest BCUT2D eigenvalue weighted by Crippen LogP contribution is -1.95. The molecule has 0 spiro atoms. The van der Waals surface area contributed by atoms with Crippen LogP contribution in [0.3, 0.4) is 0 Å². The topological polar surface area (TPSA) is 64.9 Å². The van der Waals surface area contributed by atoms with Gasteiger partial charge in [0.05, 0.1) is 0 Å². The van der Waals surface area contributed by atoms with Gasteiger partial charge in [-0.1, -0.05) is 34.5 Å². The van der Waals surface area contributed by atoms with Crippen molar-refractivity contribution in [2.75, 3.05) is 5.73 Å². The second-order valence-electron chi connectivity index (χ2n) is 3.77. The Kier molecular flexibility index (Phi) is 2.41. The molecule has 0 aliphatic rings. The molecule has 2 aromatic rings. The molecule has 0 saturated heterocycles. The second kappa shape index (κ2) is 3.73. The first-order valence-corrected chi connectivity index (χ1v) is 4.79. The molecule has 0 atom stereocenters. The van der Waals surface area contributed by atoms with E-state index in [2.05, 4.69) is 47.0 Å². The molecule has 0 fully saturated rings. The third-order valence-corrected chi connectivity index (χ3v) is 2.24. The van der Waals surface area contributed by atoms with Crippen LogP contribution in [-0.4, -0.2) is 10.3 Å². The van der Waals surface area contributed by atoms with Crippen molar-refractivity contribution >= 4 is 5.82 Å². The molecular formula is C11H13N3O. The van der Waals surface area contributed by atoms with Crippen molar-refractivity contribution in [2.24, 2.45) is 0 Å². The second-order valence-corrected chi connectivity index (χ2v) is 3.77. The Bertz CT molecular complexity index is 456. The molecule has 0 bridgehead atoms. The lowest BCUT2D eigenvalue weighted by molar-refractivity contribution is 0.305. The van der Waals surface area contributed by atoms with Crippen LogP contribution in [0.15, 0.2) is 22.8 Å². The third kappa shape index (κ3) is 2.15. The Labute approximate surface area is 88.1 Å². The molecular weight excluding hydrogens is 190 g/mol. The summed E-state index contributed by atoms with van der Waals surface area (Å²) in [6.45, 7) is 4.14. The summed E-state index contributed by atoms with van der Waals surface area (Å²) >= 11 is 0. The monoisotopic (exact) mass is 203 g/mol. The van der Waals surface area contributed by atoms with Gasteiger partial charge in [-0.25, -0.2) is 4.63 Å². The molecule has 0 unspecified atom stereocenters. The average molecular weight is 203 g/mol. The SMILES string of the molecule is Cc1cc(C)cc(Cc2nonc2N)c1. The van der Waals surface area contributed by atoms with Gasteiger partial charge in [0.2, 0.25) is 0 Å². The Morgan fingerprint density at radius 2 is 1.80 bits per heavy atom. The summed E-state index contributed by atoms with van der Waals surface area (Å²) in [5, 5.41) is 7.31. The molecule has 15 heavy (non-hydrogen) atoms. The van der Waals surface area contributed by atoms with Gasteiger partial charge in [0, 0.05) is 6.42 Å². The number of nitrogens with zero attached hydrogens (tertiary/aromatic N) is 2. The van der Waals surface area contributed by atoms with Crippen LogP contribution in [0.1, 0.15) is 22.4 Å². The number of aromatic nitrogens is 2. The summed E-state index contributed by atoms with van der Waals surface area (Å²) in [4.78, 5) is 0. The molecule has 0 aliphatic carbocycles. The number of benzene rings is 1. The molecule has 1 aromatic heterocycles. The summed E-state index contributed by atoms with van der Waals surface area (Å²) in [6, 6.07) is 6.36. The minimum absolute atomic E-state index is 0.370. The number of nitrogen functional groups attached to an aromatic ring is 1. The summed E-state index contributed by atoms with van der Waals surface area (Å²) in [6.07, 6.45) is 0.665. The van der Waals surface area contributed by atoms with E-state index in [1.54, 1.807) is 0 Å². The van der Waals surface area contributed by atoms with Crippen molar-refractivity contribution in [3.05, 3.63) is 40.6 Å². The van der Waals surface area contributed by atoms with Gasteiger partial charge in [0.25, 0.3) is 0 Å². The van der Waals surface area contributed by atoms with Gasteiger partial charge in [-0.15, -0.1) is 0 Å². The molecule has 2 N–H and O–H groups in total. The van der Waals surface area contributed by atoms with Gasteiger partial charge >= 0.3 is 0 Å². The van der Waals surface area contributed by atoms with Crippen LogP contribution in [-0.2, 0) is 6.42 Å². The van der Waals surface area contributed by atoms with Gasteiger partial charge in [0.1, 0.15) is 5.69 Å². The van der Waals surface area contributed by atoms with Crippen LogP contribution in [0.2, 0.25) is 0 Å².